The summed E-state index contributed by atoms with van der Waals surface area (Å²) in [4.78, 5) is 28.5. The number of nitrogens with zero attached hydrogens (tertiary/aromatic N) is 1. The van der Waals surface area contributed by atoms with Gasteiger partial charge in [-0.2, -0.15) is 0 Å². The maximum atomic E-state index is 13.9. The Kier molecular flexibility index (Phi) is 5.36. The maximum Gasteiger partial charge on any atom is 0.268 e. The van der Waals surface area contributed by atoms with Crippen LogP contribution in [0.25, 0.3) is 10.9 Å². The van der Waals surface area contributed by atoms with Crippen LogP contribution in [0.1, 0.15) is 37.2 Å². The van der Waals surface area contributed by atoms with Crippen molar-refractivity contribution in [2.24, 2.45) is 5.41 Å². The van der Waals surface area contributed by atoms with Gasteiger partial charge in [0.05, 0.1) is 17.0 Å². The van der Waals surface area contributed by atoms with Gasteiger partial charge in [-0.05, 0) is 24.6 Å². The first-order chi connectivity index (χ1) is 13.2. The van der Waals surface area contributed by atoms with Crippen LogP contribution in [0.2, 0.25) is 5.02 Å². The van der Waals surface area contributed by atoms with Gasteiger partial charge in [-0.1, -0.05) is 25.4 Å². The zero-order valence-corrected chi connectivity index (χ0v) is 16.3. The highest BCUT2D eigenvalue weighted by Crippen LogP contribution is 2.64. The summed E-state index contributed by atoms with van der Waals surface area (Å²) in [5.41, 5.74) is -0.581. The highest BCUT2D eigenvalue weighted by molar-refractivity contribution is 6.31. The third-order valence-electron chi connectivity index (χ3n) is 5.25. The molecule has 1 aromatic heterocycles. The summed E-state index contributed by atoms with van der Waals surface area (Å²) in [5, 5.41) is 2.55. The first-order valence-electron chi connectivity index (χ1n) is 9.13. The number of carbonyl (C=O) groups excluding carboxylic acids is 2. The van der Waals surface area contributed by atoms with Crippen LogP contribution in [0.3, 0.4) is 0 Å². The van der Waals surface area contributed by atoms with Crippen LogP contribution in [-0.2, 0) is 4.79 Å². The zero-order valence-electron chi connectivity index (χ0n) is 15.5. The molecular formula is C19H21ClF3N3O2. The third-order valence-corrected chi connectivity index (χ3v) is 5.55. The van der Waals surface area contributed by atoms with Gasteiger partial charge in [-0.25, -0.2) is 13.2 Å². The summed E-state index contributed by atoms with van der Waals surface area (Å²) in [5.74, 6) is -4.33. The second-order valence-electron chi connectivity index (χ2n) is 6.92. The number of aromatic nitrogens is 1. The second kappa shape index (κ2) is 7.31. The number of nitrogens with one attached hydrogen (secondary N) is 2. The lowest BCUT2D eigenvalue weighted by atomic mass is 10.1. The molecule has 28 heavy (non-hydrogen) atoms. The molecule has 1 aromatic carbocycles. The summed E-state index contributed by atoms with van der Waals surface area (Å²) in [6.07, 6.45) is 0.0983. The van der Waals surface area contributed by atoms with Crippen molar-refractivity contribution in [3.8, 4) is 0 Å². The average Bonchev–Trinajstić information content (AvgIpc) is 3.07. The van der Waals surface area contributed by atoms with Crippen molar-refractivity contribution in [2.45, 2.75) is 32.6 Å². The number of carbonyl (C=O) groups is 2. The summed E-state index contributed by atoms with van der Waals surface area (Å²) in [6, 6.07) is 4.23. The average molecular weight is 416 g/mol. The Morgan fingerprint density at radius 3 is 2.61 bits per heavy atom. The van der Waals surface area contributed by atoms with Crippen molar-refractivity contribution in [3.05, 3.63) is 34.7 Å². The van der Waals surface area contributed by atoms with Crippen LogP contribution in [0, 0.1) is 11.2 Å². The molecule has 1 unspecified atom stereocenters. The molecule has 2 heterocycles. The first kappa shape index (κ1) is 20.5. The minimum atomic E-state index is -2.69. The maximum absolute atomic E-state index is 13.9. The Hall–Kier alpha value is -2.22. The fourth-order valence-corrected chi connectivity index (χ4v) is 3.70. The molecule has 2 amide bonds. The molecule has 2 aromatic rings. The van der Waals surface area contributed by atoms with Gasteiger partial charge in [-0.3, -0.25) is 9.59 Å². The molecule has 0 radical (unpaired) electrons. The molecule has 1 aliphatic heterocycles. The van der Waals surface area contributed by atoms with Gasteiger partial charge in [0.25, 0.3) is 11.8 Å². The molecule has 2 N–H and O–H groups in total. The van der Waals surface area contributed by atoms with Gasteiger partial charge < -0.3 is 15.2 Å². The topological polar surface area (TPSA) is 65.2 Å². The van der Waals surface area contributed by atoms with E-state index in [2.05, 4.69) is 10.3 Å². The van der Waals surface area contributed by atoms with Crippen molar-refractivity contribution in [1.82, 2.24) is 15.2 Å². The lowest BCUT2D eigenvalue weighted by Crippen LogP contribution is -2.39. The predicted octanol–water partition coefficient (Wildman–Crippen LogP) is 3.97. The van der Waals surface area contributed by atoms with Crippen molar-refractivity contribution in [2.75, 3.05) is 19.6 Å². The lowest BCUT2D eigenvalue weighted by Gasteiger charge is -2.16. The minimum Gasteiger partial charge on any atom is -0.350 e. The van der Waals surface area contributed by atoms with Crippen LogP contribution in [0.5, 0.6) is 0 Å². The molecule has 1 saturated heterocycles. The van der Waals surface area contributed by atoms with E-state index in [4.69, 9.17) is 11.6 Å². The van der Waals surface area contributed by atoms with E-state index in [9.17, 15) is 22.8 Å². The Balaban J connectivity index is 0.00000109. The number of halogens is 4. The number of fused-ring (bicyclic) bond motifs is 1. The fourth-order valence-electron chi connectivity index (χ4n) is 3.54. The van der Waals surface area contributed by atoms with E-state index in [0.29, 0.717) is 5.52 Å². The normalized spacial score (nSPS) is 22.1. The highest BCUT2D eigenvalue weighted by Gasteiger charge is 2.72. The molecule has 2 fully saturated rings. The van der Waals surface area contributed by atoms with E-state index in [1.165, 1.54) is 17.0 Å². The molecule has 2 aliphatic rings. The number of rotatable bonds is 3. The van der Waals surface area contributed by atoms with E-state index in [1.807, 2.05) is 13.8 Å². The van der Waals surface area contributed by atoms with Crippen LogP contribution in [0.15, 0.2) is 18.2 Å². The van der Waals surface area contributed by atoms with E-state index in [-0.39, 0.29) is 48.6 Å². The minimum absolute atomic E-state index is 0.0187. The predicted molar refractivity (Wildman–Crippen MR) is 100 cm³/mol. The third kappa shape index (κ3) is 3.45. The number of aromatic amines is 1. The van der Waals surface area contributed by atoms with Crippen LogP contribution in [0.4, 0.5) is 13.2 Å². The quantitative estimate of drug-likeness (QED) is 0.796. The number of hydrogen-bond acceptors (Lipinski definition) is 2. The van der Waals surface area contributed by atoms with E-state index >= 15 is 0 Å². The van der Waals surface area contributed by atoms with Crippen molar-refractivity contribution >= 4 is 34.3 Å². The van der Waals surface area contributed by atoms with Crippen molar-refractivity contribution < 1.29 is 22.8 Å². The Bertz CT molecular complexity index is 931. The number of hydrogen-bond donors (Lipinski definition) is 2. The van der Waals surface area contributed by atoms with Gasteiger partial charge >= 0.3 is 0 Å². The summed E-state index contributed by atoms with van der Waals surface area (Å²) < 4.78 is 40.7. The molecule has 0 bridgehead atoms. The van der Waals surface area contributed by atoms with Gasteiger partial charge in [-0.15, -0.1) is 0 Å². The molecule has 9 heteroatoms. The van der Waals surface area contributed by atoms with Crippen LogP contribution in [-0.4, -0.2) is 47.3 Å². The molecule has 1 saturated carbocycles. The molecule has 1 atom stereocenters. The van der Waals surface area contributed by atoms with Crippen molar-refractivity contribution in [1.29, 1.82) is 0 Å². The molecule has 5 nitrogen and oxygen atoms in total. The summed E-state index contributed by atoms with van der Waals surface area (Å²) >= 11 is 5.71. The van der Waals surface area contributed by atoms with Crippen LogP contribution >= 0.6 is 11.6 Å². The van der Waals surface area contributed by atoms with Crippen molar-refractivity contribution in [3.63, 3.8) is 0 Å². The highest BCUT2D eigenvalue weighted by atomic mass is 35.5. The summed E-state index contributed by atoms with van der Waals surface area (Å²) in [6.45, 7) is 3.98. The molecule has 4 rings (SSSR count). The Labute approximate surface area is 165 Å². The number of likely N-dealkylation sites (tertiary alicyclic amines) is 1. The second-order valence-corrected chi connectivity index (χ2v) is 7.32. The largest absolute Gasteiger partial charge is 0.350 e. The van der Waals surface area contributed by atoms with E-state index in [0.717, 1.165) is 0 Å². The molecular weight excluding hydrogens is 395 g/mol. The number of alkyl halides is 2. The monoisotopic (exact) mass is 415 g/mol. The van der Waals surface area contributed by atoms with E-state index in [1.54, 1.807) is 6.07 Å². The van der Waals surface area contributed by atoms with Gasteiger partial charge in [0.15, 0.2) is 5.82 Å². The SMILES string of the molecule is CC.O=C(NCC(=O)N1CCC2(C1)CC2(F)F)c1cc2c(F)c(Cl)ccc2[nH]1. The van der Waals surface area contributed by atoms with Gasteiger partial charge in [0.1, 0.15) is 5.69 Å². The number of benzene rings is 1. The lowest BCUT2D eigenvalue weighted by molar-refractivity contribution is -0.129. The standard InChI is InChI=1S/C17H15ClF3N3O2.C2H6/c18-10-1-2-11-9(14(10)19)5-12(23-11)15(26)22-6-13(25)24-4-3-16(8-24)7-17(16,20)21;1-2/h1-2,5,23H,3-4,6-8H2,(H,22,26);1-2H3. The number of H-pyrrole nitrogens is 1. The Morgan fingerprint density at radius 2 is 2.00 bits per heavy atom. The van der Waals surface area contributed by atoms with Crippen LogP contribution < -0.4 is 5.32 Å². The van der Waals surface area contributed by atoms with E-state index < -0.39 is 29.0 Å². The smallest absolute Gasteiger partial charge is 0.268 e. The number of amides is 2. The van der Waals surface area contributed by atoms with Gasteiger partial charge in [0.2, 0.25) is 5.91 Å². The summed E-state index contributed by atoms with van der Waals surface area (Å²) in [7, 11) is 0. The zero-order chi connectivity index (χ0) is 20.7. The Morgan fingerprint density at radius 1 is 1.32 bits per heavy atom. The fraction of sp³-hybridized carbons (Fsp3) is 0.474. The molecule has 152 valence electrons. The molecule has 1 aliphatic carbocycles. The first-order valence-corrected chi connectivity index (χ1v) is 9.51. The molecule has 1 spiro atoms. The van der Waals surface area contributed by atoms with Gasteiger partial charge in [0, 0.05) is 30.4 Å².